The standard InChI is InChI=1S/C20H26N4O2.3C2HF3O2/c1-2-6-22-19(3-1)23-12-18-11-20(26-14-18)15-24(9-10-25-16-20)13-17-4-7-21-8-5-17;3*3-2(4,5)1(6)7/h1-8,18H,9-16H2,(H,22,23);3*(H,6,7). The van der Waals surface area contributed by atoms with E-state index in [9.17, 15) is 39.5 Å². The Morgan fingerprint density at radius 1 is 0.872 bits per heavy atom. The van der Waals surface area contributed by atoms with Crippen LogP contribution in [0.3, 0.4) is 0 Å². The molecule has 2 atom stereocenters. The summed E-state index contributed by atoms with van der Waals surface area (Å²) >= 11 is 0. The van der Waals surface area contributed by atoms with E-state index in [1.54, 1.807) is 0 Å². The Labute approximate surface area is 260 Å². The summed E-state index contributed by atoms with van der Waals surface area (Å²) in [5.41, 5.74) is 1.09. The molecular weight excluding hydrogens is 667 g/mol. The van der Waals surface area contributed by atoms with Gasteiger partial charge in [-0.15, -0.1) is 0 Å². The van der Waals surface area contributed by atoms with E-state index in [0.29, 0.717) is 12.5 Å². The molecule has 2 unspecified atom stereocenters. The summed E-state index contributed by atoms with van der Waals surface area (Å²) in [5.74, 6) is -6.88. The fourth-order valence-corrected chi connectivity index (χ4v) is 3.86. The van der Waals surface area contributed by atoms with Crippen LogP contribution < -0.4 is 5.32 Å². The second kappa shape index (κ2) is 18.2. The number of rotatable bonds is 5. The van der Waals surface area contributed by atoms with Gasteiger partial charge in [0, 0.05) is 50.7 Å². The normalized spacial score (nSPS) is 19.8. The summed E-state index contributed by atoms with van der Waals surface area (Å²) in [4.78, 5) is 37.6. The number of nitrogens with one attached hydrogen (secondary N) is 1. The minimum Gasteiger partial charge on any atom is -0.475 e. The maximum Gasteiger partial charge on any atom is 0.490 e. The van der Waals surface area contributed by atoms with E-state index in [2.05, 4.69) is 32.3 Å². The van der Waals surface area contributed by atoms with Crippen LogP contribution >= 0.6 is 0 Å². The van der Waals surface area contributed by atoms with Crippen LogP contribution in [0.4, 0.5) is 45.3 Å². The molecule has 1 spiro atoms. The van der Waals surface area contributed by atoms with Crippen molar-refractivity contribution in [2.75, 3.05) is 44.8 Å². The highest BCUT2D eigenvalue weighted by atomic mass is 19.4. The van der Waals surface area contributed by atoms with Gasteiger partial charge in [0.05, 0.1) is 19.8 Å². The van der Waals surface area contributed by atoms with Crippen molar-refractivity contribution in [2.24, 2.45) is 5.92 Å². The quantitative estimate of drug-likeness (QED) is 0.331. The number of nitrogens with zero attached hydrogens (tertiary/aromatic N) is 3. The maximum absolute atomic E-state index is 10.6. The van der Waals surface area contributed by atoms with Crippen molar-refractivity contribution in [1.82, 2.24) is 14.9 Å². The van der Waals surface area contributed by atoms with Crippen molar-refractivity contribution in [3.8, 4) is 0 Å². The molecule has 264 valence electrons. The number of aromatic nitrogens is 2. The lowest BCUT2D eigenvalue weighted by molar-refractivity contribution is -0.193. The van der Waals surface area contributed by atoms with Crippen LogP contribution in [0.1, 0.15) is 12.0 Å². The number of ether oxygens (including phenoxy) is 2. The summed E-state index contributed by atoms with van der Waals surface area (Å²) in [6.07, 6.45) is -8.72. The van der Waals surface area contributed by atoms with Crippen LogP contribution in [-0.2, 0) is 30.4 Å². The lowest BCUT2D eigenvalue weighted by Crippen LogP contribution is -2.43. The number of carboxylic acid groups (broad SMARTS) is 3. The topological polar surface area (TPSA) is 171 Å². The third kappa shape index (κ3) is 16.8. The molecule has 21 heteroatoms. The highest BCUT2D eigenvalue weighted by molar-refractivity contribution is 5.73. The van der Waals surface area contributed by atoms with Crippen LogP contribution in [0.25, 0.3) is 0 Å². The average Bonchev–Trinajstić information content (AvgIpc) is 3.26. The first-order valence-electron chi connectivity index (χ1n) is 13.0. The molecule has 4 N–H and O–H groups in total. The molecule has 0 radical (unpaired) electrons. The molecule has 4 heterocycles. The van der Waals surface area contributed by atoms with Crippen LogP contribution in [0.15, 0.2) is 48.9 Å². The Balaban J connectivity index is 0.000000430. The SMILES string of the molecule is O=C(O)C(F)(F)F.O=C(O)C(F)(F)F.O=C(O)C(F)(F)F.c1ccc(NCC2COC3(COCCN(Cc4ccncc4)C3)C2)nc1. The minimum absolute atomic E-state index is 0.194. The van der Waals surface area contributed by atoms with Gasteiger partial charge in [-0.05, 0) is 36.2 Å². The number of anilines is 1. The molecule has 0 bridgehead atoms. The molecule has 0 aliphatic carbocycles. The van der Waals surface area contributed by atoms with Crippen molar-refractivity contribution in [3.05, 3.63) is 54.5 Å². The average molecular weight is 697 g/mol. The molecule has 0 saturated carbocycles. The molecule has 2 fully saturated rings. The number of halogens is 9. The molecule has 12 nitrogen and oxygen atoms in total. The lowest BCUT2D eigenvalue weighted by Gasteiger charge is -2.31. The van der Waals surface area contributed by atoms with Gasteiger partial charge in [0.25, 0.3) is 0 Å². The predicted octanol–water partition coefficient (Wildman–Crippen LogP) is 4.10. The van der Waals surface area contributed by atoms with E-state index in [1.165, 1.54) is 5.56 Å². The Bertz CT molecular complexity index is 1200. The number of carbonyl (C=O) groups is 3. The van der Waals surface area contributed by atoms with Gasteiger partial charge in [-0.1, -0.05) is 6.07 Å². The third-order valence-electron chi connectivity index (χ3n) is 5.83. The highest BCUT2D eigenvalue weighted by Gasteiger charge is 2.43. The largest absolute Gasteiger partial charge is 0.490 e. The molecule has 4 rings (SSSR count). The summed E-state index contributed by atoms with van der Waals surface area (Å²) in [7, 11) is 0. The summed E-state index contributed by atoms with van der Waals surface area (Å²) in [6, 6.07) is 10.1. The summed E-state index contributed by atoms with van der Waals surface area (Å²) < 4.78 is 107. The zero-order valence-electron chi connectivity index (χ0n) is 24.0. The number of hydrogen-bond donors (Lipinski definition) is 4. The van der Waals surface area contributed by atoms with Gasteiger partial charge in [-0.3, -0.25) is 9.88 Å². The van der Waals surface area contributed by atoms with Gasteiger partial charge >= 0.3 is 36.4 Å². The molecule has 47 heavy (non-hydrogen) atoms. The molecular formula is C26H29F9N4O8. The first-order chi connectivity index (χ1) is 21.6. The Hall–Kier alpha value is -4.24. The Kier molecular flexibility index (Phi) is 15.8. The van der Waals surface area contributed by atoms with E-state index in [-0.39, 0.29) is 5.60 Å². The number of alkyl halides is 9. The van der Waals surface area contributed by atoms with Crippen molar-refractivity contribution in [2.45, 2.75) is 37.1 Å². The highest BCUT2D eigenvalue weighted by Crippen LogP contribution is 2.33. The van der Waals surface area contributed by atoms with E-state index >= 15 is 0 Å². The fourth-order valence-electron chi connectivity index (χ4n) is 3.86. The summed E-state index contributed by atoms with van der Waals surface area (Å²) in [6.45, 7) is 5.84. The molecule has 0 amide bonds. The third-order valence-corrected chi connectivity index (χ3v) is 5.83. The minimum atomic E-state index is -5.08. The van der Waals surface area contributed by atoms with Gasteiger partial charge in [-0.2, -0.15) is 39.5 Å². The monoisotopic (exact) mass is 696 g/mol. The predicted molar refractivity (Wildman–Crippen MR) is 141 cm³/mol. The number of pyridine rings is 2. The van der Waals surface area contributed by atoms with E-state index in [0.717, 1.165) is 51.6 Å². The number of aliphatic carboxylic acids is 3. The Morgan fingerprint density at radius 2 is 1.40 bits per heavy atom. The molecule has 2 saturated heterocycles. The molecule has 0 aromatic carbocycles. The van der Waals surface area contributed by atoms with Gasteiger partial charge in [0.1, 0.15) is 11.4 Å². The van der Waals surface area contributed by atoms with E-state index in [1.807, 2.05) is 36.8 Å². The van der Waals surface area contributed by atoms with Gasteiger partial charge in [-0.25, -0.2) is 19.4 Å². The van der Waals surface area contributed by atoms with Crippen LogP contribution in [-0.4, -0.2) is 112 Å². The molecule has 2 aliphatic heterocycles. The second-order valence-corrected chi connectivity index (χ2v) is 9.69. The first kappa shape index (κ1) is 40.8. The van der Waals surface area contributed by atoms with Crippen molar-refractivity contribution >= 4 is 23.7 Å². The number of carboxylic acids is 3. The van der Waals surface area contributed by atoms with Gasteiger partial charge in [0.2, 0.25) is 0 Å². The molecule has 2 aromatic heterocycles. The van der Waals surface area contributed by atoms with E-state index in [4.69, 9.17) is 39.2 Å². The van der Waals surface area contributed by atoms with Gasteiger partial charge in [0.15, 0.2) is 0 Å². The molecule has 2 aromatic rings. The lowest BCUT2D eigenvalue weighted by atomic mass is 9.94. The Morgan fingerprint density at radius 3 is 1.87 bits per heavy atom. The maximum atomic E-state index is 10.6. The van der Waals surface area contributed by atoms with Crippen molar-refractivity contribution in [3.63, 3.8) is 0 Å². The van der Waals surface area contributed by atoms with Crippen LogP contribution in [0.5, 0.6) is 0 Å². The van der Waals surface area contributed by atoms with Crippen molar-refractivity contribution in [1.29, 1.82) is 0 Å². The smallest absolute Gasteiger partial charge is 0.475 e. The zero-order valence-corrected chi connectivity index (χ0v) is 24.0. The summed E-state index contributed by atoms with van der Waals surface area (Å²) in [5, 5.41) is 24.8. The van der Waals surface area contributed by atoms with Crippen LogP contribution in [0.2, 0.25) is 0 Å². The first-order valence-corrected chi connectivity index (χ1v) is 13.0. The zero-order chi connectivity index (χ0) is 35.9. The van der Waals surface area contributed by atoms with Crippen molar-refractivity contribution < 1.29 is 78.7 Å². The fraction of sp³-hybridized carbons (Fsp3) is 0.500. The number of hydrogen-bond acceptors (Lipinski definition) is 9. The second-order valence-electron chi connectivity index (χ2n) is 9.69. The van der Waals surface area contributed by atoms with Crippen LogP contribution in [0, 0.1) is 5.92 Å². The van der Waals surface area contributed by atoms with E-state index < -0.39 is 36.4 Å². The molecule has 2 aliphatic rings. The van der Waals surface area contributed by atoms with Gasteiger partial charge < -0.3 is 30.1 Å².